The minimum Gasteiger partial charge on any atom is -0.471 e. The van der Waals surface area contributed by atoms with Crippen LogP contribution in [0.4, 0.5) is 13.2 Å². The molecule has 0 N–H and O–H groups in total. The highest BCUT2D eigenvalue weighted by atomic mass is 19.4. The third-order valence-electron chi connectivity index (χ3n) is 4.02. The molecule has 4 nitrogen and oxygen atoms in total. The van der Waals surface area contributed by atoms with Gasteiger partial charge in [0.1, 0.15) is 6.10 Å². The van der Waals surface area contributed by atoms with E-state index >= 15 is 0 Å². The molecule has 0 saturated carbocycles. The van der Waals surface area contributed by atoms with Gasteiger partial charge in [0.2, 0.25) is 11.8 Å². The van der Waals surface area contributed by atoms with Gasteiger partial charge in [-0.15, -0.1) is 0 Å². The van der Waals surface area contributed by atoms with Gasteiger partial charge in [-0.3, -0.25) is 4.79 Å². The number of rotatable bonds is 5. The fraction of sp³-hybridized carbons (Fsp3) is 0.333. The maximum Gasteiger partial charge on any atom is 0.417 e. The van der Waals surface area contributed by atoms with Gasteiger partial charge >= 0.3 is 6.18 Å². The normalized spacial score (nSPS) is 14.9. The van der Waals surface area contributed by atoms with E-state index in [9.17, 15) is 18.0 Å². The smallest absolute Gasteiger partial charge is 0.417 e. The molecule has 0 unspecified atom stereocenters. The number of hydrogen-bond acceptors (Lipinski definition) is 3. The second kappa shape index (κ2) is 7.13. The Bertz CT molecular complexity index is 711. The van der Waals surface area contributed by atoms with Gasteiger partial charge in [0, 0.05) is 18.7 Å². The summed E-state index contributed by atoms with van der Waals surface area (Å²) in [6, 6.07) is 11.9. The summed E-state index contributed by atoms with van der Waals surface area (Å²) < 4.78 is 42.9. The summed E-state index contributed by atoms with van der Waals surface area (Å²) in [5.74, 6) is 0.179. The van der Waals surface area contributed by atoms with Crippen LogP contribution in [0.15, 0.2) is 48.7 Å². The third kappa shape index (κ3) is 4.49. The molecule has 132 valence electrons. The van der Waals surface area contributed by atoms with E-state index in [1.54, 1.807) is 4.90 Å². The SMILES string of the molecule is O=C(CCc1ccccc1)N1CC(Oc2ccc(C(F)(F)F)cn2)C1. The number of halogens is 3. The van der Waals surface area contributed by atoms with Crippen LogP contribution in [0, 0.1) is 0 Å². The minimum absolute atomic E-state index is 0.0454. The molecular formula is C18H17F3N2O2. The lowest BCUT2D eigenvalue weighted by Crippen LogP contribution is -2.56. The molecule has 0 atom stereocenters. The molecular weight excluding hydrogens is 333 g/mol. The zero-order valence-electron chi connectivity index (χ0n) is 13.4. The number of pyridine rings is 1. The first kappa shape index (κ1) is 17.3. The predicted molar refractivity (Wildman–Crippen MR) is 85.0 cm³/mol. The van der Waals surface area contributed by atoms with Crippen LogP contribution in [-0.2, 0) is 17.4 Å². The quantitative estimate of drug-likeness (QED) is 0.831. The summed E-state index contributed by atoms with van der Waals surface area (Å²) in [6.45, 7) is 0.854. The van der Waals surface area contributed by atoms with E-state index in [1.807, 2.05) is 30.3 Å². The number of carbonyl (C=O) groups excluding carboxylic acids is 1. The van der Waals surface area contributed by atoms with Crippen molar-refractivity contribution in [3.63, 3.8) is 0 Å². The lowest BCUT2D eigenvalue weighted by atomic mass is 10.1. The van der Waals surface area contributed by atoms with Gasteiger partial charge in [-0.2, -0.15) is 13.2 Å². The van der Waals surface area contributed by atoms with Crippen molar-refractivity contribution in [2.24, 2.45) is 0 Å². The molecule has 0 radical (unpaired) electrons. The molecule has 7 heteroatoms. The molecule has 0 spiro atoms. The number of aromatic nitrogens is 1. The van der Waals surface area contributed by atoms with Crippen LogP contribution in [0.1, 0.15) is 17.5 Å². The largest absolute Gasteiger partial charge is 0.471 e. The minimum atomic E-state index is -4.41. The molecule has 1 aromatic heterocycles. The molecule has 1 amide bonds. The Kier molecular flexibility index (Phi) is 4.92. The number of amides is 1. The Morgan fingerprint density at radius 2 is 1.88 bits per heavy atom. The van der Waals surface area contributed by atoms with Gasteiger partial charge in [-0.1, -0.05) is 30.3 Å². The zero-order chi connectivity index (χ0) is 17.9. The molecule has 2 aromatic rings. The number of likely N-dealkylation sites (tertiary alicyclic amines) is 1. The van der Waals surface area contributed by atoms with Gasteiger partial charge in [0.25, 0.3) is 0 Å². The summed E-state index contributed by atoms with van der Waals surface area (Å²) in [5, 5.41) is 0. The average molecular weight is 350 g/mol. The van der Waals surface area contributed by atoms with Gasteiger partial charge in [-0.05, 0) is 18.1 Å². The lowest BCUT2D eigenvalue weighted by molar-refractivity contribution is -0.140. The summed E-state index contributed by atoms with van der Waals surface area (Å²) in [4.78, 5) is 17.4. The Morgan fingerprint density at radius 3 is 2.48 bits per heavy atom. The number of benzene rings is 1. The van der Waals surface area contributed by atoms with Crippen molar-refractivity contribution in [3.05, 3.63) is 59.8 Å². The van der Waals surface area contributed by atoms with E-state index in [4.69, 9.17) is 4.74 Å². The lowest BCUT2D eigenvalue weighted by Gasteiger charge is -2.38. The highest BCUT2D eigenvalue weighted by molar-refractivity contribution is 5.77. The van der Waals surface area contributed by atoms with Crippen LogP contribution < -0.4 is 4.74 Å². The standard InChI is InChI=1S/C18H17F3N2O2/c19-18(20,21)14-7-8-16(22-10-14)25-15-11-23(12-15)17(24)9-6-13-4-2-1-3-5-13/h1-5,7-8,10,15H,6,9,11-12H2. The van der Waals surface area contributed by atoms with Crippen LogP contribution in [0.5, 0.6) is 5.88 Å². The van der Waals surface area contributed by atoms with Gasteiger partial charge in [0.05, 0.1) is 18.7 Å². The summed E-state index contributed by atoms with van der Waals surface area (Å²) in [7, 11) is 0. The number of alkyl halides is 3. The number of nitrogens with zero attached hydrogens (tertiary/aromatic N) is 2. The number of aryl methyl sites for hydroxylation is 1. The number of ether oxygens (including phenoxy) is 1. The molecule has 0 aliphatic carbocycles. The first-order valence-electron chi connectivity index (χ1n) is 7.93. The van der Waals surface area contributed by atoms with Crippen molar-refractivity contribution in [3.8, 4) is 5.88 Å². The van der Waals surface area contributed by atoms with Crippen molar-refractivity contribution in [1.29, 1.82) is 0 Å². The Morgan fingerprint density at radius 1 is 1.16 bits per heavy atom. The molecule has 25 heavy (non-hydrogen) atoms. The second-order valence-electron chi connectivity index (χ2n) is 5.91. The monoisotopic (exact) mass is 350 g/mol. The van der Waals surface area contributed by atoms with Crippen LogP contribution in [-0.4, -0.2) is 35.0 Å². The third-order valence-corrected chi connectivity index (χ3v) is 4.02. The van der Waals surface area contributed by atoms with E-state index in [0.29, 0.717) is 25.9 Å². The zero-order valence-corrected chi connectivity index (χ0v) is 13.4. The highest BCUT2D eigenvalue weighted by Crippen LogP contribution is 2.29. The number of carbonyl (C=O) groups is 1. The van der Waals surface area contributed by atoms with E-state index in [0.717, 1.165) is 17.8 Å². The van der Waals surface area contributed by atoms with E-state index < -0.39 is 11.7 Å². The van der Waals surface area contributed by atoms with Crippen LogP contribution >= 0.6 is 0 Å². The molecule has 2 heterocycles. The molecule has 3 rings (SSSR count). The van der Waals surface area contributed by atoms with Crippen molar-refractivity contribution in [1.82, 2.24) is 9.88 Å². The predicted octanol–water partition coefficient (Wildman–Crippen LogP) is 3.32. The molecule has 1 aliphatic rings. The van der Waals surface area contributed by atoms with Gasteiger partial charge in [-0.25, -0.2) is 4.98 Å². The molecule has 1 aromatic carbocycles. The summed E-state index contributed by atoms with van der Waals surface area (Å²) >= 11 is 0. The van der Waals surface area contributed by atoms with Crippen LogP contribution in [0.2, 0.25) is 0 Å². The van der Waals surface area contributed by atoms with Gasteiger partial charge < -0.3 is 9.64 Å². The van der Waals surface area contributed by atoms with Crippen molar-refractivity contribution < 1.29 is 22.7 Å². The van der Waals surface area contributed by atoms with E-state index in [-0.39, 0.29) is 17.9 Å². The Labute approximate surface area is 143 Å². The number of hydrogen-bond donors (Lipinski definition) is 0. The Balaban J connectivity index is 1.42. The summed E-state index contributed by atoms with van der Waals surface area (Å²) in [6.07, 6.45) is -2.79. The topological polar surface area (TPSA) is 42.4 Å². The molecule has 1 saturated heterocycles. The van der Waals surface area contributed by atoms with Crippen LogP contribution in [0.25, 0.3) is 0 Å². The van der Waals surface area contributed by atoms with E-state index in [1.165, 1.54) is 6.07 Å². The second-order valence-corrected chi connectivity index (χ2v) is 5.91. The first-order chi connectivity index (χ1) is 11.9. The van der Waals surface area contributed by atoms with E-state index in [2.05, 4.69) is 4.98 Å². The van der Waals surface area contributed by atoms with Crippen molar-refractivity contribution in [2.75, 3.05) is 13.1 Å². The molecule has 0 bridgehead atoms. The van der Waals surface area contributed by atoms with Crippen molar-refractivity contribution >= 4 is 5.91 Å². The summed E-state index contributed by atoms with van der Waals surface area (Å²) in [5.41, 5.74) is 0.296. The maximum absolute atomic E-state index is 12.5. The highest BCUT2D eigenvalue weighted by Gasteiger charge is 2.33. The Hall–Kier alpha value is -2.57. The fourth-order valence-electron chi connectivity index (χ4n) is 2.56. The molecule has 1 fully saturated rings. The van der Waals surface area contributed by atoms with Crippen molar-refractivity contribution in [2.45, 2.75) is 25.1 Å². The average Bonchev–Trinajstić information content (AvgIpc) is 2.56. The maximum atomic E-state index is 12.5. The fourth-order valence-corrected chi connectivity index (χ4v) is 2.56. The van der Waals surface area contributed by atoms with Crippen LogP contribution in [0.3, 0.4) is 0 Å². The van der Waals surface area contributed by atoms with Gasteiger partial charge in [0.15, 0.2) is 0 Å². The molecule has 1 aliphatic heterocycles. The first-order valence-corrected chi connectivity index (χ1v) is 7.93.